The number of rotatable bonds is 0. The first-order chi connectivity index (χ1) is 6.69. The molecule has 0 N–H and O–H groups in total. The molecular weight excluding hydrogens is 176 g/mol. The molecule has 2 heteroatoms. The lowest BCUT2D eigenvalue weighted by Crippen LogP contribution is -2.43. The molecule has 0 aromatic rings. The van der Waals surface area contributed by atoms with Crippen LogP contribution in [0.3, 0.4) is 0 Å². The summed E-state index contributed by atoms with van der Waals surface area (Å²) in [7, 11) is 0. The Morgan fingerprint density at radius 2 is 2.00 bits per heavy atom. The second-order valence-corrected chi connectivity index (χ2v) is 4.98. The summed E-state index contributed by atoms with van der Waals surface area (Å²) < 4.78 is 0. The Hall–Kier alpha value is -0.920. The second-order valence-electron chi connectivity index (χ2n) is 4.98. The van der Waals surface area contributed by atoms with Crippen LogP contribution in [-0.4, -0.2) is 11.6 Å². The minimum atomic E-state index is -0.152. The van der Waals surface area contributed by atoms with Gasteiger partial charge in [-0.3, -0.25) is 9.59 Å². The third-order valence-electron chi connectivity index (χ3n) is 4.53. The van der Waals surface area contributed by atoms with E-state index < -0.39 is 0 Å². The van der Waals surface area contributed by atoms with Crippen molar-refractivity contribution in [2.45, 2.75) is 38.5 Å². The lowest BCUT2D eigenvalue weighted by molar-refractivity contribution is -0.135. The van der Waals surface area contributed by atoms with E-state index in [1.54, 1.807) is 0 Å². The highest BCUT2D eigenvalue weighted by Gasteiger charge is 2.62. The Kier molecular flexibility index (Phi) is 1.41. The maximum absolute atomic E-state index is 12.0. The zero-order valence-electron chi connectivity index (χ0n) is 8.21. The van der Waals surface area contributed by atoms with Crippen LogP contribution in [0, 0.1) is 10.8 Å². The summed E-state index contributed by atoms with van der Waals surface area (Å²) in [5.74, 6) is 0.761. The van der Waals surface area contributed by atoms with Gasteiger partial charge in [0.2, 0.25) is 0 Å². The Labute approximate surface area is 83.4 Å². The number of hydrogen-bond acceptors (Lipinski definition) is 2. The summed E-state index contributed by atoms with van der Waals surface area (Å²) in [6.07, 6.45) is 8.82. The van der Waals surface area contributed by atoms with Gasteiger partial charge in [-0.2, -0.15) is 0 Å². The van der Waals surface area contributed by atoms with Crippen LogP contribution in [0.1, 0.15) is 38.5 Å². The van der Waals surface area contributed by atoms with Gasteiger partial charge in [-0.25, -0.2) is 0 Å². The number of hydrogen-bond donors (Lipinski definition) is 0. The smallest absolute Gasteiger partial charge is 0.140 e. The molecule has 14 heavy (non-hydrogen) atoms. The molecule has 0 amide bonds. The lowest BCUT2D eigenvalue weighted by Gasteiger charge is -2.42. The van der Waals surface area contributed by atoms with E-state index in [-0.39, 0.29) is 10.8 Å². The molecule has 0 radical (unpaired) electrons. The topological polar surface area (TPSA) is 34.1 Å². The van der Waals surface area contributed by atoms with Crippen LogP contribution < -0.4 is 0 Å². The summed E-state index contributed by atoms with van der Waals surface area (Å²) >= 11 is 0. The maximum Gasteiger partial charge on any atom is 0.140 e. The van der Waals surface area contributed by atoms with Crippen LogP contribution >= 0.6 is 0 Å². The van der Waals surface area contributed by atoms with Gasteiger partial charge in [0, 0.05) is 30.1 Å². The SMILES string of the molecule is O=C1CCC23CC=CC2(CCC3=O)C1. The van der Waals surface area contributed by atoms with E-state index in [1.165, 1.54) is 0 Å². The number of carbonyl (C=O) groups is 2. The average molecular weight is 190 g/mol. The molecule has 74 valence electrons. The third kappa shape index (κ3) is 0.737. The summed E-state index contributed by atoms with van der Waals surface area (Å²) in [5, 5.41) is 0. The van der Waals surface area contributed by atoms with Crippen LogP contribution in [-0.2, 0) is 9.59 Å². The molecule has 2 unspecified atom stereocenters. The minimum absolute atomic E-state index is 0.0561. The molecule has 3 rings (SSSR count). The van der Waals surface area contributed by atoms with Gasteiger partial charge in [-0.1, -0.05) is 12.2 Å². The molecule has 0 aromatic carbocycles. The van der Waals surface area contributed by atoms with E-state index in [4.69, 9.17) is 0 Å². The van der Waals surface area contributed by atoms with Crippen molar-refractivity contribution in [3.63, 3.8) is 0 Å². The van der Waals surface area contributed by atoms with Gasteiger partial charge in [0.05, 0.1) is 0 Å². The first kappa shape index (κ1) is 8.39. The van der Waals surface area contributed by atoms with E-state index in [0.717, 1.165) is 19.3 Å². The van der Waals surface area contributed by atoms with Crippen molar-refractivity contribution >= 4 is 11.6 Å². The standard InChI is InChI=1S/C12H14O2/c13-9-2-7-12-5-1-4-11(12,8-9)6-3-10(12)14/h1,4H,2-3,5-8H2. The number of carbonyl (C=O) groups excluding carboxylic acids is 2. The molecule has 3 aliphatic rings. The Bertz CT molecular complexity index is 355. The molecular formula is C12H14O2. The van der Waals surface area contributed by atoms with Gasteiger partial charge in [-0.15, -0.1) is 0 Å². The largest absolute Gasteiger partial charge is 0.300 e. The Morgan fingerprint density at radius 1 is 1.14 bits per heavy atom. The van der Waals surface area contributed by atoms with Crippen molar-refractivity contribution in [1.82, 2.24) is 0 Å². The van der Waals surface area contributed by atoms with Gasteiger partial charge < -0.3 is 0 Å². The number of allylic oxidation sites excluding steroid dienone is 2. The molecule has 3 aliphatic carbocycles. The summed E-state index contributed by atoms with van der Waals surface area (Å²) in [6, 6.07) is 0. The summed E-state index contributed by atoms with van der Waals surface area (Å²) in [5.41, 5.74) is -0.208. The molecule has 2 fully saturated rings. The maximum atomic E-state index is 12.0. The molecule has 2 saturated carbocycles. The average Bonchev–Trinajstić information content (AvgIpc) is 2.64. The molecule has 2 nitrogen and oxygen atoms in total. The van der Waals surface area contributed by atoms with Crippen molar-refractivity contribution in [3.8, 4) is 0 Å². The second kappa shape index (κ2) is 2.36. The molecule has 0 aromatic heterocycles. The first-order valence-corrected chi connectivity index (χ1v) is 5.41. The fourth-order valence-electron chi connectivity index (χ4n) is 3.74. The van der Waals surface area contributed by atoms with Crippen LogP contribution in [0.5, 0.6) is 0 Å². The minimum Gasteiger partial charge on any atom is -0.300 e. The highest BCUT2D eigenvalue weighted by Crippen LogP contribution is 2.63. The summed E-state index contributed by atoms with van der Waals surface area (Å²) in [6.45, 7) is 0. The molecule has 0 spiro atoms. The van der Waals surface area contributed by atoms with E-state index in [9.17, 15) is 9.59 Å². The van der Waals surface area contributed by atoms with Gasteiger partial charge in [-0.05, 0) is 19.3 Å². The monoisotopic (exact) mass is 190 g/mol. The third-order valence-corrected chi connectivity index (χ3v) is 4.53. The van der Waals surface area contributed by atoms with Crippen molar-refractivity contribution < 1.29 is 9.59 Å². The molecule has 2 atom stereocenters. The number of Topliss-reactive ketones (excluding diaryl/α,β-unsaturated/α-hetero) is 2. The molecule has 0 bridgehead atoms. The lowest BCUT2D eigenvalue weighted by atomic mass is 9.59. The van der Waals surface area contributed by atoms with Crippen molar-refractivity contribution in [2.24, 2.45) is 10.8 Å². The van der Waals surface area contributed by atoms with Crippen LogP contribution in [0.25, 0.3) is 0 Å². The van der Waals surface area contributed by atoms with Gasteiger partial charge in [0.1, 0.15) is 11.6 Å². The summed E-state index contributed by atoms with van der Waals surface area (Å²) in [4.78, 5) is 23.5. The highest BCUT2D eigenvalue weighted by atomic mass is 16.1. The highest BCUT2D eigenvalue weighted by molar-refractivity contribution is 5.94. The quantitative estimate of drug-likeness (QED) is 0.548. The fraction of sp³-hybridized carbons (Fsp3) is 0.667. The van der Waals surface area contributed by atoms with Crippen LogP contribution in [0.4, 0.5) is 0 Å². The molecule has 0 saturated heterocycles. The predicted molar refractivity (Wildman–Crippen MR) is 51.7 cm³/mol. The van der Waals surface area contributed by atoms with Crippen molar-refractivity contribution in [3.05, 3.63) is 12.2 Å². The Morgan fingerprint density at radius 3 is 2.86 bits per heavy atom. The number of ketones is 2. The predicted octanol–water partition coefficient (Wildman–Crippen LogP) is 2.04. The van der Waals surface area contributed by atoms with Crippen LogP contribution in [0.2, 0.25) is 0 Å². The van der Waals surface area contributed by atoms with Crippen molar-refractivity contribution in [2.75, 3.05) is 0 Å². The molecule has 0 heterocycles. The first-order valence-electron chi connectivity index (χ1n) is 5.41. The van der Waals surface area contributed by atoms with E-state index in [1.807, 2.05) is 0 Å². The van der Waals surface area contributed by atoms with Gasteiger partial charge in [0.25, 0.3) is 0 Å². The van der Waals surface area contributed by atoms with E-state index >= 15 is 0 Å². The van der Waals surface area contributed by atoms with E-state index in [0.29, 0.717) is 30.8 Å². The van der Waals surface area contributed by atoms with Gasteiger partial charge in [0.15, 0.2) is 0 Å². The zero-order valence-corrected chi connectivity index (χ0v) is 8.21. The molecule has 0 aliphatic heterocycles. The fourth-order valence-corrected chi connectivity index (χ4v) is 3.74. The Balaban J connectivity index is 2.11. The zero-order chi connectivity index (χ0) is 9.81. The van der Waals surface area contributed by atoms with Crippen molar-refractivity contribution in [1.29, 1.82) is 0 Å². The van der Waals surface area contributed by atoms with Crippen LogP contribution in [0.15, 0.2) is 12.2 Å². The van der Waals surface area contributed by atoms with E-state index in [2.05, 4.69) is 12.2 Å². The normalized spacial score (nSPS) is 45.4. The van der Waals surface area contributed by atoms with Gasteiger partial charge >= 0.3 is 0 Å².